The molecule has 1 heterocycles. The third kappa shape index (κ3) is 3.60. The average Bonchev–Trinajstić information content (AvgIpc) is 2.92. The Morgan fingerprint density at radius 1 is 1.42 bits per heavy atom. The normalized spacial score (nSPS) is 9.79. The molecular formula is C15H16N2O2. The number of aliphatic hydroxyl groups is 1. The van der Waals surface area contributed by atoms with Crippen LogP contribution in [0.4, 0.5) is 0 Å². The van der Waals surface area contributed by atoms with Crippen molar-refractivity contribution < 1.29 is 9.84 Å². The molecule has 0 saturated heterocycles. The van der Waals surface area contributed by atoms with Gasteiger partial charge in [-0.1, -0.05) is 11.8 Å². The number of methoxy groups -OCH3 is 1. The van der Waals surface area contributed by atoms with Gasteiger partial charge in [-0.15, -0.1) is 0 Å². The van der Waals surface area contributed by atoms with Gasteiger partial charge in [0.2, 0.25) is 0 Å². The minimum Gasteiger partial charge on any atom is -0.496 e. The largest absolute Gasteiger partial charge is 0.496 e. The van der Waals surface area contributed by atoms with Crippen LogP contribution in [0.3, 0.4) is 0 Å². The maximum absolute atomic E-state index is 8.72. The predicted octanol–water partition coefficient (Wildman–Crippen LogP) is 1.67. The van der Waals surface area contributed by atoms with E-state index in [0.29, 0.717) is 13.0 Å². The second-order valence-corrected chi connectivity index (χ2v) is 4.04. The molecule has 0 radical (unpaired) electrons. The van der Waals surface area contributed by atoms with Gasteiger partial charge in [0.15, 0.2) is 0 Å². The zero-order valence-electron chi connectivity index (χ0n) is 10.8. The van der Waals surface area contributed by atoms with Crippen LogP contribution in [0.2, 0.25) is 0 Å². The first kappa shape index (κ1) is 13.2. The summed E-state index contributed by atoms with van der Waals surface area (Å²) in [5, 5.41) is 8.72. The van der Waals surface area contributed by atoms with E-state index in [1.54, 1.807) is 19.6 Å². The van der Waals surface area contributed by atoms with Crippen LogP contribution < -0.4 is 4.74 Å². The van der Waals surface area contributed by atoms with Gasteiger partial charge in [-0.3, -0.25) is 0 Å². The maximum atomic E-state index is 8.72. The number of imidazole rings is 1. The number of rotatable bonds is 4. The highest BCUT2D eigenvalue weighted by Crippen LogP contribution is 2.20. The second kappa shape index (κ2) is 6.62. The Morgan fingerprint density at radius 3 is 3.00 bits per heavy atom. The highest BCUT2D eigenvalue weighted by Gasteiger charge is 2.04. The van der Waals surface area contributed by atoms with Crippen molar-refractivity contribution >= 4 is 0 Å². The van der Waals surface area contributed by atoms with E-state index in [1.165, 1.54) is 0 Å². The van der Waals surface area contributed by atoms with E-state index in [9.17, 15) is 0 Å². The van der Waals surface area contributed by atoms with Crippen LogP contribution in [0.15, 0.2) is 36.9 Å². The van der Waals surface area contributed by atoms with Gasteiger partial charge in [-0.2, -0.15) is 0 Å². The fraction of sp³-hybridized carbons (Fsp3) is 0.267. The molecule has 0 aliphatic heterocycles. The van der Waals surface area contributed by atoms with Gasteiger partial charge >= 0.3 is 0 Å². The van der Waals surface area contributed by atoms with Crippen molar-refractivity contribution in [2.24, 2.45) is 0 Å². The molecule has 0 amide bonds. The molecule has 4 nitrogen and oxygen atoms in total. The number of benzene rings is 1. The van der Waals surface area contributed by atoms with Crippen molar-refractivity contribution in [3.63, 3.8) is 0 Å². The van der Waals surface area contributed by atoms with Crippen molar-refractivity contribution in [2.45, 2.75) is 13.0 Å². The summed E-state index contributed by atoms with van der Waals surface area (Å²) in [6.07, 6.45) is 5.91. The number of hydrogen-bond donors (Lipinski definition) is 1. The summed E-state index contributed by atoms with van der Waals surface area (Å²) in [5.74, 6) is 6.78. The number of aliphatic hydroxyl groups excluding tert-OH is 1. The Bertz CT molecular complexity index is 580. The summed E-state index contributed by atoms with van der Waals surface area (Å²) in [4.78, 5) is 4.02. The van der Waals surface area contributed by atoms with E-state index in [0.717, 1.165) is 16.9 Å². The van der Waals surface area contributed by atoms with E-state index in [4.69, 9.17) is 9.84 Å². The fourth-order valence-electron chi connectivity index (χ4n) is 1.78. The van der Waals surface area contributed by atoms with E-state index in [1.807, 2.05) is 29.0 Å². The number of nitrogens with zero attached hydrogens (tertiary/aromatic N) is 2. The summed E-state index contributed by atoms with van der Waals surface area (Å²) in [6, 6.07) is 5.83. The van der Waals surface area contributed by atoms with Crippen molar-refractivity contribution in [2.75, 3.05) is 13.7 Å². The molecule has 4 heteroatoms. The molecule has 0 aliphatic rings. The molecule has 0 aliphatic carbocycles. The topological polar surface area (TPSA) is 47.3 Å². The maximum Gasteiger partial charge on any atom is 0.123 e. The molecule has 0 atom stereocenters. The van der Waals surface area contributed by atoms with Crippen molar-refractivity contribution in [1.82, 2.24) is 9.55 Å². The third-order valence-electron chi connectivity index (χ3n) is 2.66. The average molecular weight is 256 g/mol. The third-order valence-corrected chi connectivity index (χ3v) is 2.66. The van der Waals surface area contributed by atoms with Gasteiger partial charge in [0.05, 0.1) is 26.6 Å². The summed E-state index contributed by atoms with van der Waals surface area (Å²) < 4.78 is 7.33. The van der Waals surface area contributed by atoms with E-state index >= 15 is 0 Å². The molecule has 2 aromatic rings. The lowest BCUT2D eigenvalue weighted by molar-refractivity contribution is 0.305. The van der Waals surface area contributed by atoms with Crippen LogP contribution in [0.1, 0.15) is 17.5 Å². The molecule has 0 bridgehead atoms. The SMILES string of the molecule is COc1ccc(C#CCCO)cc1Cn1ccnc1. The standard InChI is InChI=1S/C15H16N2O2/c1-19-15-6-5-13(4-2-3-9-18)10-14(15)11-17-8-7-16-12-17/h5-8,10,12,18H,3,9,11H2,1H3. The van der Waals surface area contributed by atoms with Gasteiger partial charge in [0, 0.05) is 29.9 Å². The Balaban J connectivity index is 2.24. The summed E-state index contributed by atoms with van der Waals surface area (Å²) in [6.45, 7) is 0.781. The van der Waals surface area contributed by atoms with Crippen molar-refractivity contribution in [1.29, 1.82) is 0 Å². The first-order valence-electron chi connectivity index (χ1n) is 6.06. The summed E-state index contributed by atoms with van der Waals surface area (Å²) >= 11 is 0. The second-order valence-electron chi connectivity index (χ2n) is 4.04. The van der Waals surface area contributed by atoms with E-state index in [2.05, 4.69) is 16.8 Å². The van der Waals surface area contributed by atoms with Gasteiger partial charge in [0.25, 0.3) is 0 Å². The Morgan fingerprint density at radius 2 is 2.32 bits per heavy atom. The molecule has 1 N–H and O–H groups in total. The Labute approximate surface area is 112 Å². The van der Waals surface area contributed by atoms with Crippen LogP contribution >= 0.6 is 0 Å². The van der Waals surface area contributed by atoms with Crippen LogP contribution in [0.5, 0.6) is 5.75 Å². The predicted molar refractivity (Wildman–Crippen MR) is 72.9 cm³/mol. The van der Waals surface area contributed by atoms with Gasteiger partial charge in [-0.25, -0.2) is 4.98 Å². The van der Waals surface area contributed by atoms with Crippen LogP contribution in [-0.4, -0.2) is 28.4 Å². The number of hydrogen-bond acceptors (Lipinski definition) is 3. The minimum atomic E-state index is 0.0883. The number of ether oxygens (including phenoxy) is 1. The molecule has 0 unspecified atom stereocenters. The zero-order valence-corrected chi connectivity index (χ0v) is 10.8. The zero-order chi connectivity index (χ0) is 13.5. The van der Waals surface area contributed by atoms with E-state index < -0.39 is 0 Å². The van der Waals surface area contributed by atoms with Crippen LogP contribution in [-0.2, 0) is 6.54 Å². The monoisotopic (exact) mass is 256 g/mol. The van der Waals surface area contributed by atoms with Gasteiger partial charge in [-0.05, 0) is 18.2 Å². The highest BCUT2D eigenvalue weighted by molar-refractivity contribution is 5.44. The molecule has 98 valence electrons. The van der Waals surface area contributed by atoms with Crippen LogP contribution in [0, 0.1) is 11.8 Å². The van der Waals surface area contributed by atoms with Crippen LogP contribution in [0.25, 0.3) is 0 Å². The fourth-order valence-corrected chi connectivity index (χ4v) is 1.78. The molecule has 19 heavy (non-hydrogen) atoms. The molecule has 2 rings (SSSR count). The lowest BCUT2D eigenvalue weighted by Crippen LogP contribution is -2.00. The summed E-state index contributed by atoms with van der Waals surface area (Å²) in [5.41, 5.74) is 1.97. The lowest BCUT2D eigenvalue weighted by Gasteiger charge is -2.09. The Kier molecular flexibility index (Phi) is 4.60. The van der Waals surface area contributed by atoms with Crippen molar-refractivity contribution in [3.05, 3.63) is 48.0 Å². The minimum absolute atomic E-state index is 0.0883. The smallest absolute Gasteiger partial charge is 0.123 e. The quantitative estimate of drug-likeness (QED) is 0.847. The highest BCUT2D eigenvalue weighted by atomic mass is 16.5. The lowest BCUT2D eigenvalue weighted by atomic mass is 10.1. The van der Waals surface area contributed by atoms with Gasteiger partial charge < -0.3 is 14.4 Å². The van der Waals surface area contributed by atoms with E-state index in [-0.39, 0.29) is 6.61 Å². The molecule has 0 fully saturated rings. The van der Waals surface area contributed by atoms with Crippen molar-refractivity contribution in [3.8, 4) is 17.6 Å². The molecule has 0 saturated carbocycles. The number of aromatic nitrogens is 2. The first-order valence-corrected chi connectivity index (χ1v) is 6.06. The molecule has 1 aromatic heterocycles. The first-order chi connectivity index (χ1) is 9.33. The molecule has 0 spiro atoms. The molecular weight excluding hydrogens is 240 g/mol. The Hall–Kier alpha value is -2.25. The molecule has 1 aromatic carbocycles. The summed E-state index contributed by atoms with van der Waals surface area (Å²) in [7, 11) is 1.66. The van der Waals surface area contributed by atoms with Gasteiger partial charge in [0.1, 0.15) is 5.75 Å².